The van der Waals surface area contributed by atoms with E-state index in [0.717, 1.165) is 36.7 Å². The van der Waals surface area contributed by atoms with Gasteiger partial charge in [0.05, 0.1) is 6.04 Å². The van der Waals surface area contributed by atoms with Crippen LogP contribution in [0.2, 0.25) is 0 Å². The Morgan fingerprint density at radius 1 is 0.906 bits per heavy atom. The van der Waals surface area contributed by atoms with Crippen molar-refractivity contribution < 1.29 is 4.79 Å². The third kappa shape index (κ3) is 6.13. The summed E-state index contributed by atoms with van der Waals surface area (Å²) in [5.74, 6) is 0.831. The Labute approximate surface area is 194 Å². The van der Waals surface area contributed by atoms with E-state index in [9.17, 15) is 4.79 Å². The molecule has 2 fully saturated rings. The van der Waals surface area contributed by atoms with Crippen LogP contribution in [0.4, 0.5) is 5.69 Å². The van der Waals surface area contributed by atoms with E-state index in [1.807, 2.05) is 12.1 Å². The van der Waals surface area contributed by atoms with Crippen LogP contribution in [0.5, 0.6) is 0 Å². The second kappa shape index (κ2) is 11.0. The second-order valence-electron chi connectivity index (χ2n) is 9.84. The number of carbonyl (C=O) groups is 1. The average molecular weight is 434 g/mol. The molecule has 1 N–H and O–H groups in total. The van der Waals surface area contributed by atoms with Crippen LogP contribution >= 0.6 is 0 Å². The summed E-state index contributed by atoms with van der Waals surface area (Å²) in [6.45, 7) is 10.0. The van der Waals surface area contributed by atoms with E-state index in [1.165, 1.54) is 62.9 Å². The topological polar surface area (TPSA) is 35.6 Å². The highest BCUT2D eigenvalue weighted by atomic mass is 16.1. The number of nitrogens with one attached hydrogen (secondary N) is 1. The predicted molar refractivity (Wildman–Crippen MR) is 133 cm³/mol. The number of benzene rings is 2. The van der Waals surface area contributed by atoms with E-state index in [0.29, 0.717) is 0 Å². The maximum Gasteiger partial charge on any atom is 0.251 e. The molecule has 1 amide bonds. The smallest absolute Gasteiger partial charge is 0.251 e. The quantitative estimate of drug-likeness (QED) is 0.626. The molecular weight excluding hydrogens is 394 g/mol. The number of carbonyl (C=O) groups excluding carboxylic acids is 1. The van der Waals surface area contributed by atoms with Crippen molar-refractivity contribution in [2.75, 3.05) is 31.1 Å². The van der Waals surface area contributed by atoms with Crippen LogP contribution in [-0.4, -0.2) is 37.0 Å². The molecule has 2 aromatic carbocycles. The molecule has 4 nitrogen and oxygen atoms in total. The summed E-state index contributed by atoms with van der Waals surface area (Å²) in [7, 11) is 0. The largest absolute Gasteiger partial charge is 0.372 e. The molecule has 2 aliphatic heterocycles. The monoisotopic (exact) mass is 433 g/mol. The summed E-state index contributed by atoms with van der Waals surface area (Å²) in [6, 6.07) is 16.8. The molecule has 2 aliphatic rings. The van der Waals surface area contributed by atoms with E-state index in [2.05, 4.69) is 65.4 Å². The highest BCUT2D eigenvalue weighted by Crippen LogP contribution is 2.25. The Balaban J connectivity index is 1.30. The van der Waals surface area contributed by atoms with Crippen molar-refractivity contribution in [1.82, 2.24) is 10.2 Å². The summed E-state index contributed by atoms with van der Waals surface area (Å²) >= 11 is 0. The van der Waals surface area contributed by atoms with Crippen molar-refractivity contribution in [2.24, 2.45) is 5.92 Å². The van der Waals surface area contributed by atoms with Gasteiger partial charge in [0.25, 0.3) is 5.91 Å². The number of likely N-dealkylation sites (tertiary alicyclic amines) is 1. The molecule has 32 heavy (non-hydrogen) atoms. The number of piperidine rings is 1. The first-order valence-corrected chi connectivity index (χ1v) is 12.6. The fourth-order valence-electron chi connectivity index (χ4n) is 4.92. The minimum Gasteiger partial charge on any atom is -0.372 e. The summed E-state index contributed by atoms with van der Waals surface area (Å²) in [5.41, 5.74) is 4.46. The minimum absolute atomic E-state index is 0.00656. The van der Waals surface area contributed by atoms with Gasteiger partial charge < -0.3 is 10.2 Å². The van der Waals surface area contributed by atoms with Crippen molar-refractivity contribution in [1.29, 1.82) is 0 Å². The fraction of sp³-hybridized carbons (Fsp3) is 0.536. The highest BCUT2D eigenvalue weighted by molar-refractivity contribution is 5.94. The summed E-state index contributed by atoms with van der Waals surface area (Å²) < 4.78 is 0. The van der Waals surface area contributed by atoms with Crippen molar-refractivity contribution in [3.63, 3.8) is 0 Å². The summed E-state index contributed by atoms with van der Waals surface area (Å²) in [6.07, 6.45) is 7.85. The molecule has 2 saturated heterocycles. The molecule has 0 aromatic heterocycles. The van der Waals surface area contributed by atoms with E-state index in [4.69, 9.17) is 0 Å². The van der Waals surface area contributed by atoms with Gasteiger partial charge in [0.2, 0.25) is 0 Å². The van der Waals surface area contributed by atoms with Crippen molar-refractivity contribution in [2.45, 2.75) is 65.0 Å². The van der Waals surface area contributed by atoms with E-state index in [-0.39, 0.29) is 11.9 Å². The first kappa shape index (κ1) is 22.8. The third-order valence-electron chi connectivity index (χ3n) is 7.21. The van der Waals surface area contributed by atoms with Gasteiger partial charge in [-0.3, -0.25) is 9.69 Å². The normalized spacial score (nSPS) is 19.4. The predicted octanol–water partition coefficient (Wildman–Crippen LogP) is 5.79. The number of anilines is 1. The zero-order valence-corrected chi connectivity index (χ0v) is 19.9. The molecule has 0 aliphatic carbocycles. The molecule has 0 saturated carbocycles. The maximum absolute atomic E-state index is 12.8. The molecule has 0 bridgehead atoms. The molecule has 1 atom stereocenters. The molecular formula is C28H39N3O. The lowest BCUT2D eigenvalue weighted by Gasteiger charge is -2.32. The highest BCUT2D eigenvalue weighted by Gasteiger charge is 2.17. The van der Waals surface area contributed by atoms with Gasteiger partial charge in [-0.1, -0.05) is 44.0 Å². The Kier molecular flexibility index (Phi) is 7.85. The van der Waals surface area contributed by atoms with E-state index < -0.39 is 0 Å². The molecule has 0 radical (unpaired) electrons. The van der Waals surface area contributed by atoms with Crippen LogP contribution in [0.1, 0.15) is 79.9 Å². The first-order valence-electron chi connectivity index (χ1n) is 12.6. The Morgan fingerprint density at radius 3 is 2.16 bits per heavy atom. The van der Waals surface area contributed by atoms with Gasteiger partial charge in [0.1, 0.15) is 0 Å². The van der Waals surface area contributed by atoms with Gasteiger partial charge in [0, 0.05) is 30.9 Å². The van der Waals surface area contributed by atoms with Crippen molar-refractivity contribution in [3.05, 3.63) is 65.2 Å². The SMILES string of the molecule is CC1CCN(c2ccc([C@@H](C)NC(=O)c3ccc(CN4CCCCCC4)cc3)cc2)CC1. The van der Waals surface area contributed by atoms with Crippen LogP contribution in [-0.2, 0) is 6.54 Å². The van der Waals surface area contributed by atoms with Crippen LogP contribution in [0.15, 0.2) is 48.5 Å². The van der Waals surface area contributed by atoms with Crippen LogP contribution < -0.4 is 10.2 Å². The lowest BCUT2D eigenvalue weighted by atomic mass is 9.98. The number of nitrogens with zero attached hydrogens (tertiary/aromatic N) is 2. The van der Waals surface area contributed by atoms with Gasteiger partial charge in [-0.05, 0) is 87.0 Å². The Morgan fingerprint density at radius 2 is 1.53 bits per heavy atom. The molecule has 0 spiro atoms. The molecule has 2 aromatic rings. The lowest BCUT2D eigenvalue weighted by molar-refractivity contribution is 0.0940. The van der Waals surface area contributed by atoms with Gasteiger partial charge >= 0.3 is 0 Å². The van der Waals surface area contributed by atoms with Crippen molar-refractivity contribution in [3.8, 4) is 0 Å². The third-order valence-corrected chi connectivity index (χ3v) is 7.21. The zero-order chi connectivity index (χ0) is 22.3. The van der Waals surface area contributed by atoms with Crippen LogP contribution in [0, 0.1) is 5.92 Å². The van der Waals surface area contributed by atoms with Gasteiger partial charge in [0.15, 0.2) is 0 Å². The van der Waals surface area contributed by atoms with Gasteiger partial charge in [-0.25, -0.2) is 0 Å². The molecule has 2 heterocycles. The van der Waals surface area contributed by atoms with Crippen molar-refractivity contribution >= 4 is 11.6 Å². The molecule has 0 unspecified atom stereocenters. The molecule has 4 heteroatoms. The zero-order valence-electron chi connectivity index (χ0n) is 19.9. The standard InChI is InChI=1S/C28H39N3O/c1-22-15-19-31(20-16-22)27-13-11-25(12-14-27)23(2)29-28(32)26-9-7-24(8-10-26)21-30-17-5-3-4-6-18-30/h7-14,22-23H,3-6,15-21H2,1-2H3,(H,29,32)/t23-/m1/s1. The molecule has 172 valence electrons. The Bertz CT molecular complexity index is 845. The minimum atomic E-state index is -0.0188. The van der Waals surface area contributed by atoms with Gasteiger partial charge in [-0.2, -0.15) is 0 Å². The first-order chi connectivity index (χ1) is 15.6. The van der Waals surface area contributed by atoms with E-state index >= 15 is 0 Å². The van der Waals surface area contributed by atoms with Crippen LogP contribution in [0.25, 0.3) is 0 Å². The van der Waals surface area contributed by atoms with E-state index in [1.54, 1.807) is 0 Å². The van der Waals surface area contributed by atoms with Crippen LogP contribution in [0.3, 0.4) is 0 Å². The fourth-order valence-corrected chi connectivity index (χ4v) is 4.92. The number of hydrogen-bond acceptors (Lipinski definition) is 3. The summed E-state index contributed by atoms with van der Waals surface area (Å²) in [5, 5.41) is 3.16. The Hall–Kier alpha value is -2.33. The number of hydrogen-bond donors (Lipinski definition) is 1. The van der Waals surface area contributed by atoms with Gasteiger partial charge in [-0.15, -0.1) is 0 Å². The number of amides is 1. The average Bonchev–Trinajstić information content (AvgIpc) is 3.09. The molecule has 4 rings (SSSR count). The maximum atomic E-state index is 12.8. The summed E-state index contributed by atoms with van der Waals surface area (Å²) in [4.78, 5) is 17.8. The second-order valence-corrected chi connectivity index (χ2v) is 9.84. The number of rotatable bonds is 6. The lowest BCUT2D eigenvalue weighted by Crippen LogP contribution is -2.32.